The van der Waals surface area contributed by atoms with Crippen LogP contribution < -0.4 is 5.32 Å². The number of benzene rings is 2. The van der Waals surface area contributed by atoms with Crippen LogP contribution in [0.3, 0.4) is 0 Å². The van der Waals surface area contributed by atoms with Gasteiger partial charge in [0, 0.05) is 27.3 Å². The quantitative estimate of drug-likeness (QED) is 0.440. The Kier molecular flexibility index (Phi) is 3.47. The Hall–Kier alpha value is -2.11. The number of pyridine rings is 1. The molecule has 0 aliphatic rings. The van der Waals surface area contributed by atoms with Gasteiger partial charge in [0.1, 0.15) is 11.5 Å². The van der Waals surface area contributed by atoms with Crippen LogP contribution in [0.1, 0.15) is 0 Å². The molecule has 0 amide bonds. The van der Waals surface area contributed by atoms with Crippen molar-refractivity contribution in [2.24, 2.45) is 0 Å². The van der Waals surface area contributed by atoms with Crippen molar-refractivity contribution in [1.29, 1.82) is 0 Å². The number of aromatic nitrogens is 2. The molecule has 0 saturated heterocycles. The maximum Gasteiger partial charge on any atom is 0.141 e. The molecule has 0 atom stereocenters. The minimum atomic E-state index is -0.437. The Balaban J connectivity index is 1.90. The number of anilines is 2. The second kappa shape index (κ2) is 5.51. The minimum Gasteiger partial charge on any atom is -0.355 e. The molecule has 0 spiro atoms. The summed E-state index contributed by atoms with van der Waals surface area (Å²) in [4.78, 5) is 7.68. The fraction of sp³-hybridized carbons (Fsp3) is 0. The van der Waals surface area contributed by atoms with Gasteiger partial charge in [-0.25, -0.2) is 9.37 Å². The van der Waals surface area contributed by atoms with E-state index in [0.29, 0.717) is 5.69 Å². The topological polar surface area (TPSA) is 40.7 Å². The molecule has 0 radical (unpaired) electrons. The number of hydrogen-bond acceptors (Lipinski definition) is 2. The Morgan fingerprint density at radius 3 is 2.83 bits per heavy atom. The van der Waals surface area contributed by atoms with Gasteiger partial charge in [-0.2, -0.15) is 0 Å². The number of rotatable bonds is 2. The van der Waals surface area contributed by atoms with Crippen LogP contribution in [-0.4, -0.2) is 9.97 Å². The number of halogens is 3. The van der Waals surface area contributed by atoms with E-state index in [9.17, 15) is 4.39 Å². The second-order valence-electron chi connectivity index (χ2n) is 5.15. The van der Waals surface area contributed by atoms with Gasteiger partial charge in [-0.05, 0) is 42.5 Å². The molecule has 6 heteroatoms. The fourth-order valence-corrected chi connectivity index (χ4v) is 3.16. The van der Waals surface area contributed by atoms with Crippen LogP contribution in [-0.2, 0) is 0 Å². The maximum absolute atomic E-state index is 13.3. The fourth-order valence-electron chi connectivity index (χ4n) is 2.62. The lowest BCUT2D eigenvalue weighted by Crippen LogP contribution is -1.92. The third-order valence-corrected chi connectivity index (χ3v) is 4.44. The summed E-state index contributed by atoms with van der Waals surface area (Å²) in [7, 11) is 0. The number of fused-ring (bicyclic) bond motifs is 3. The zero-order chi connectivity index (χ0) is 16.0. The predicted octanol–water partition coefficient (Wildman–Crippen LogP) is 6.01. The van der Waals surface area contributed by atoms with Crippen molar-refractivity contribution < 1.29 is 4.39 Å². The van der Waals surface area contributed by atoms with E-state index in [1.54, 1.807) is 18.3 Å². The molecule has 114 valence electrons. The highest BCUT2D eigenvalue weighted by Crippen LogP contribution is 2.34. The molecular weight excluding hydrogens is 381 g/mol. The van der Waals surface area contributed by atoms with Crippen molar-refractivity contribution in [2.45, 2.75) is 0 Å². The summed E-state index contributed by atoms with van der Waals surface area (Å²) in [5, 5.41) is 5.40. The van der Waals surface area contributed by atoms with Crippen molar-refractivity contribution in [3.05, 3.63) is 64.0 Å². The molecule has 0 aliphatic carbocycles. The highest BCUT2D eigenvalue weighted by atomic mass is 79.9. The lowest BCUT2D eigenvalue weighted by Gasteiger charge is -2.08. The third-order valence-electron chi connectivity index (χ3n) is 3.65. The van der Waals surface area contributed by atoms with Gasteiger partial charge in [0.2, 0.25) is 0 Å². The van der Waals surface area contributed by atoms with Gasteiger partial charge in [-0.1, -0.05) is 27.5 Å². The van der Waals surface area contributed by atoms with E-state index in [1.807, 2.05) is 24.3 Å². The summed E-state index contributed by atoms with van der Waals surface area (Å²) in [6, 6.07) is 12.5. The summed E-state index contributed by atoms with van der Waals surface area (Å²) in [6.07, 6.45) is 1.72. The van der Waals surface area contributed by atoms with Crippen LogP contribution in [0.5, 0.6) is 0 Å². The van der Waals surface area contributed by atoms with Gasteiger partial charge in [-0.15, -0.1) is 0 Å². The number of nitrogens with zero attached hydrogens (tertiary/aromatic N) is 1. The third kappa shape index (κ3) is 2.56. The van der Waals surface area contributed by atoms with Crippen molar-refractivity contribution in [1.82, 2.24) is 9.97 Å². The minimum absolute atomic E-state index is 0.0852. The summed E-state index contributed by atoms with van der Waals surface area (Å²) in [5.41, 5.74) is 3.38. The summed E-state index contributed by atoms with van der Waals surface area (Å²) < 4.78 is 14.3. The zero-order valence-electron chi connectivity index (χ0n) is 11.7. The SMILES string of the molecule is Fc1ccc(Nc2ccnc3[nH]c4ccc(Br)cc4c23)cc1Cl. The first-order chi connectivity index (χ1) is 11.1. The summed E-state index contributed by atoms with van der Waals surface area (Å²) in [5.74, 6) is -0.437. The number of hydrogen-bond donors (Lipinski definition) is 2. The van der Waals surface area contributed by atoms with E-state index >= 15 is 0 Å². The molecule has 0 aliphatic heterocycles. The average Bonchev–Trinajstić information content (AvgIpc) is 2.90. The van der Waals surface area contributed by atoms with Crippen molar-refractivity contribution in [3.63, 3.8) is 0 Å². The maximum atomic E-state index is 13.3. The normalized spacial score (nSPS) is 11.3. The Bertz CT molecular complexity index is 1040. The van der Waals surface area contributed by atoms with Crippen LogP contribution in [0.4, 0.5) is 15.8 Å². The first-order valence-corrected chi connectivity index (χ1v) is 8.07. The van der Waals surface area contributed by atoms with Gasteiger partial charge in [0.15, 0.2) is 0 Å². The van der Waals surface area contributed by atoms with Gasteiger partial charge < -0.3 is 10.3 Å². The standard InChI is InChI=1S/C17H10BrClFN3/c18-9-1-4-14-11(7-9)16-15(5-6-21-17(16)23-14)22-10-2-3-13(20)12(19)8-10/h1-8H,(H2,21,22,23). The van der Waals surface area contributed by atoms with E-state index in [4.69, 9.17) is 11.6 Å². The molecule has 2 aromatic carbocycles. The Morgan fingerprint density at radius 1 is 1.13 bits per heavy atom. The molecule has 4 aromatic rings. The van der Waals surface area contributed by atoms with Gasteiger partial charge in [0.05, 0.1) is 16.1 Å². The van der Waals surface area contributed by atoms with Gasteiger partial charge >= 0.3 is 0 Å². The highest BCUT2D eigenvalue weighted by Gasteiger charge is 2.11. The first-order valence-electron chi connectivity index (χ1n) is 6.90. The zero-order valence-corrected chi connectivity index (χ0v) is 14.0. The lowest BCUT2D eigenvalue weighted by molar-refractivity contribution is 0.628. The Morgan fingerprint density at radius 2 is 2.00 bits per heavy atom. The van der Waals surface area contributed by atoms with Crippen LogP contribution in [0.2, 0.25) is 5.02 Å². The molecule has 2 heterocycles. The molecule has 23 heavy (non-hydrogen) atoms. The van der Waals surface area contributed by atoms with E-state index in [1.165, 1.54) is 6.07 Å². The molecule has 2 aromatic heterocycles. The summed E-state index contributed by atoms with van der Waals surface area (Å²) >= 11 is 9.35. The Labute approximate surface area is 144 Å². The van der Waals surface area contributed by atoms with Gasteiger partial charge in [-0.3, -0.25) is 0 Å². The van der Waals surface area contributed by atoms with E-state index in [2.05, 4.69) is 31.2 Å². The first kappa shape index (κ1) is 14.5. The molecule has 0 fully saturated rings. The average molecular weight is 391 g/mol. The predicted molar refractivity (Wildman–Crippen MR) is 96.0 cm³/mol. The van der Waals surface area contributed by atoms with Crippen LogP contribution in [0, 0.1) is 5.82 Å². The number of H-pyrrole nitrogens is 1. The molecule has 3 nitrogen and oxygen atoms in total. The van der Waals surface area contributed by atoms with Crippen LogP contribution in [0.15, 0.2) is 53.1 Å². The number of aromatic amines is 1. The largest absolute Gasteiger partial charge is 0.355 e. The van der Waals surface area contributed by atoms with Crippen molar-refractivity contribution in [2.75, 3.05) is 5.32 Å². The smallest absolute Gasteiger partial charge is 0.141 e. The number of nitrogens with one attached hydrogen (secondary N) is 2. The molecule has 0 unspecified atom stereocenters. The second-order valence-corrected chi connectivity index (χ2v) is 6.47. The van der Waals surface area contributed by atoms with Crippen LogP contribution in [0.25, 0.3) is 21.9 Å². The summed E-state index contributed by atoms with van der Waals surface area (Å²) in [6.45, 7) is 0. The molecule has 0 bridgehead atoms. The lowest BCUT2D eigenvalue weighted by atomic mass is 10.1. The molecular formula is C17H10BrClFN3. The van der Waals surface area contributed by atoms with Crippen molar-refractivity contribution >= 4 is 60.8 Å². The molecule has 2 N–H and O–H groups in total. The highest BCUT2D eigenvalue weighted by molar-refractivity contribution is 9.10. The van der Waals surface area contributed by atoms with E-state index in [0.717, 1.165) is 32.1 Å². The monoisotopic (exact) mass is 389 g/mol. The van der Waals surface area contributed by atoms with Gasteiger partial charge in [0.25, 0.3) is 0 Å². The molecule has 4 rings (SSSR count). The van der Waals surface area contributed by atoms with E-state index < -0.39 is 5.82 Å². The van der Waals surface area contributed by atoms with Crippen molar-refractivity contribution in [3.8, 4) is 0 Å². The van der Waals surface area contributed by atoms with Crippen LogP contribution >= 0.6 is 27.5 Å². The van der Waals surface area contributed by atoms with E-state index in [-0.39, 0.29) is 5.02 Å². The molecule has 0 saturated carbocycles.